The van der Waals surface area contributed by atoms with Crippen LogP contribution in [0.1, 0.15) is 22.3 Å². The van der Waals surface area contributed by atoms with Gasteiger partial charge in [0, 0.05) is 25.2 Å². The molecule has 0 fully saturated rings. The first-order chi connectivity index (χ1) is 18.2. The van der Waals surface area contributed by atoms with Crippen molar-refractivity contribution in [3.63, 3.8) is 0 Å². The third-order valence-electron chi connectivity index (χ3n) is 6.07. The number of rotatable bonds is 8. The number of nitrogens with one attached hydrogen (secondary N) is 2. The minimum atomic E-state index is -3.63. The molecule has 0 radical (unpaired) electrons. The molecular formula is C29H29BrN4O3S. The second kappa shape index (κ2) is 11.8. The van der Waals surface area contributed by atoms with Crippen LogP contribution < -0.4 is 10.0 Å². The number of allylic oxidation sites excluding steroid dienone is 2. The lowest BCUT2D eigenvalue weighted by molar-refractivity contribution is 0.472. The maximum atomic E-state index is 12.8. The molecule has 0 atom stereocenters. The van der Waals surface area contributed by atoms with Crippen LogP contribution in [0.5, 0.6) is 5.75 Å². The summed E-state index contributed by atoms with van der Waals surface area (Å²) in [7, 11) is -1.74. The minimum Gasteiger partial charge on any atom is -0.507 e. The van der Waals surface area contributed by atoms with Crippen LogP contribution in [0.3, 0.4) is 0 Å². The summed E-state index contributed by atoms with van der Waals surface area (Å²) in [6.45, 7) is 6.17. The molecule has 0 saturated heterocycles. The monoisotopic (exact) mass is 592 g/mol. The molecule has 9 heteroatoms. The largest absolute Gasteiger partial charge is 0.507 e. The zero-order valence-electron chi connectivity index (χ0n) is 21.1. The Morgan fingerprint density at radius 2 is 1.82 bits per heavy atom. The second-order valence-electron chi connectivity index (χ2n) is 8.74. The highest BCUT2D eigenvalue weighted by Gasteiger charge is 2.22. The maximum Gasteiger partial charge on any atom is 0.241 e. The minimum absolute atomic E-state index is 0.157. The van der Waals surface area contributed by atoms with Crippen LogP contribution in [0.15, 0.2) is 112 Å². The molecule has 1 aliphatic rings. The summed E-state index contributed by atoms with van der Waals surface area (Å²) in [4.78, 5) is 7.01. The summed E-state index contributed by atoms with van der Waals surface area (Å²) in [5.74, 6) is 1.57. The average Bonchev–Trinajstić information content (AvgIpc) is 2.92. The lowest BCUT2D eigenvalue weighted by atomic mass is 10.1. The third kappa shape index (κ3) is 6.24. The number of halogens is 1. The van der Waals surface area contributed by atoms with E-state index in [1.165, 1.54) is 0 Å². The molecule has 0 bridgehead atoms. The van der Waals surface area contributed by atoms with Gasteiger partial charge in [0.2, 0.25) is 10.0 Å². The van der Waals surface area contributed by atoms with Crippen LogP contribution in [0.2, 0.25) is 0 Å². The topological polar surface area (TPSA) is 94.0 Å². The summed E-state index contributed by atoms with van der Waals surface area (Å²) >= 11 is 3.54. The standard InChI is InChI=1S/C29H29BrN4O3S/c1-4-24(30)29-33-25(23-13-6-7-14-26(23)35)17-28(34(29)3)31-18-21-11-9-12-22(16-21)19-32-38(36,37)27-15-8-5-10-20(27)2/h4-17,32-33,35H,1,18-19H2,2-3H3/b29-24+,31-28?. The van der Waals surface area contributed by atoms with Gasteiger partial charge in [0.1, 0.15) is 17.4 Å². The summed E-state index contributed by atoms with van der Waals surface area (Å²) < 4.78 is 29.0. The van der Waals surface area contributed by atoms with Crippen LogP contribution >= 0.6 is 15.9 Å². The van der Waals surface area contributed by atoms with Crippen molar-refractivity contribution in [1.29, 1.82) is 0 Å². The van der Waals surface area contributed by atoms with Crippen LogP contribution in [-0.2, 0) is 23.1 Å². The van der Waals surface area contributed by atoms with E-state index in [-0.39, 0.29) is 17.2 Å². The van der Waals surface area contributed by atoms with Crippen LogP contribution in [0, 0.1) is 6.92 Å². The van der Waals surface area contributed by atoms with Gasteiger partial charge in [-0.05, 0) is 57.7 Å². The number of aryl methyl sites for hydroxylation is 1. The van der Waals surface area contributed by atoms with Gasteiger partial charge in [-0.25, -0.2) is 13.1 Å². The van der Waals surface area contributed by atoms with E-state index in [0.29, 0.717) is 29.2 Å². The lowest BCUT2D eigenvalue weighted by Crippen LogP contribution is -2.37. The lowest BCUT2D eigenvalue weighted by Gasteiger charge is -2.31. The normalized spacial score (nSPS) is 16.1. The molecule has 0 spiro atoms. The first kappa shape index (κ1) is 27.4. The van der Waals surface area contributed by atoms with Crippen molar-refractivity contribution in [2.45, 2.75) is 24.9 Å². The van der Waals surface area contributed by atoms with E-state index in [4.69, 9.17) is 4.99 Å². The Morgan fingerprint density at radius 1 is 1.11 bits per heavy atom. The molecule has 1 aliphatic heterocycles. The first-order valence-corrected chi connectivity index (χ1v) is 14.2. The van der Waals surface area contributed by atoms with Crippen LogP contribution in [0.4, 0.5) is 0 Å². The van der Waals surface area contributed by atoms with Gasteiger partial charge in [-0.2, -0.15) is 0 Å². The van der Waals surface area contributed by atoms with Gasteiger partial charge < -0.3 is 15.3 Å². The van der Waals surface area contributed by atoms with Crippen LogP contribution in [-0.4, -0.2) is 31.3 Å². The highest BCUT2D eigenvalue weighted by atomic mass is 79.9. The molecule has 38 heavy (non-hydrogen) atoms. The molecule has 0 aromatic heterocycles. The van der Waals surface area contributed by atoms with Gasteiger partial charge >= 0.3 is 0 Å². The maximum absolute atomic E-state index is 12.8. The summed E-state index contributed by atoms with van der Waals surface area (Å²) in [6.07, 6.45) is 3.56. The van der Waals surface area contributed by atoms with E-state index in [0.717, 1.165) is 21.4 Å². The quantitative estimate of drug-likeness (QED) is 0.325. The smallest absolute Gasteiger partial charge is 0.241 e. The second-order valence-corrected chi connectivity index (χ2v) is 11.3. The molecule has 0 unspecified atom stereocenters. The molecule has 3 N–H and O–H groups in total. The van der Waals surface area contributed by atoms with E-state index in [1.54, 1.807) is 43.3 Å². The van der Waals surface area contributed by atoms with E-state index in [9.17, 15) is 13.5 Å². The molecule has 0 amide bonds. The number of phenols is 1. The Hall–Kier alpha value is -3.66. The summed E-state index contributed by atoms with van der Waals surface area (Å²) in [6, 6.07) is 21.7. The van der Waals surface area contributed by atoms with Gasteiger partial charge in [-0.3, -0.25) is 4.99 Å². The van der Waals surface area contributed by atoms with Gasteiger partial charge in [-0.1, -0.05) is 67.3 Å². The first-order valence-electron chi connectivity index (χ1n) is 11.9. The van der Waals surface area contributed by atoms with Gasteiger partial charge in [0.15, 0.2) is 0 Å². The Morgan fingerprint density at radius 3 is 2.55 bits per heavy atom. The molecule has 3 aromatic rings. The SMILES string of the molecule is C=C/C(Br)=C1/NC(c2ccccc2O)=CC(=NCc2cccc(CNS(=O)(=O)c3ccccc3C)c2)N1C. The molecule has 7 nitrogen and oxygen atoms in total. The fourth-order valence-corrected chi connectivity index (χ4v) is 5.65. The zero-order valence-corrected chi connectivity index (χ0v) is 23.6. The third-order valence-corrected chi connectivity index (χ3v) is 8.33. The Bertz CT molecular complexity index is 1560. The molecule has 1 heterocycles. The van der Waals surface area contributed by atoms with Crippen molar-refractivity contribution in [2.24, 2.45) is 4.99 Å². The van der Waals surface area contributed by atoms with E-state index >= 15 is 0 Å². The van der Waals surface area contributed by atoms with Crippen molar-refractivity contribution in [3.05, 3.63) is 124 Å². The number of hydrogen-bond donors (Lipinski definition) is 3. The van der Waals surface area contributed by atoms with Gasteiger partial charge in [-0.15, -0.1) is 0 Å². The molecule has 4 rings (SSSR count). The number of aliphatic imine (C=N–C) groups is 1. The zero-order chi connectivity index (χ0) is 27.3. The fourth-order valence-electron chi connectivity index (χ4n) is 4.03. The highest BCUT2D eigenvalue weighted by molar-refractivity contribution is 9.11. The molecular weight excluding hydrogens is 564 g/mol. The number of likely N-dealkylation sites (N-methyl/N-ethyl adjacent to an activating group) is 1. The van der Waals surface area contributed by atoms with Crippen molar-refractivity contribution in [3.8, 4) is 5.75 Å². The van der Waals surface area contributed by atoms with E-state index < -0.39 is 10.0 Å². The average molecular weight is 594 g/mol. The summed E-state index contributed by atoms with van der Waals surface area (Å²) in [5.41, 5.74) is 3.82. The van der Waals surface area contributed by atoms with Gasteiger partial charge in [0.25, 0.3) is 0 Å². The molecule has 0 saturated carbocycles. The Labute approximate surface area is 232 Å². The Kier molecular flexibility index (Phi) is 8.51. The van der Waals surface area contributed by atoms with Crippen molar-refractivity contribution >= 4 is 37.5 Å². The molecule has 0 aliphatic carbocycles. The number of hydrogen-bond acceptors (Lipinski definition) is 5. The van der Waals surface area contributed by atoms with Gasteiger partial charge in [0.05, 0.1) is 21.6 Å². The fraction of sp³-hybridized carbons (Fsp3) is 0.138. The van der Waals surface area contributed by atoms with E-state index in [2.05, 4.69) is 32.5 Å². The predicted molar refractivity (Wildman–Crippen MR) is 156 cm³/mol. The predicted octanol–water partition coefficient (Wildman–Crippen LogP) is 5.40. The number of para-hydroxylation sites is 1. The van der Waals surface area contributed by atoms with Crippen molar-refractivity contribution < 1.29 is 13.5 Å². The number of aromatic hydroxyl groups is 1. The van der Waals surface area contributed by atoms with Crippen molar-refractivity contribution in [1.82, 2.24) is 14.9 Å². The number of amidine groups is 1. The number of sulfonamides is 1. The molecule has 196 valence electrons. The molecule has 3 aromatic carbocycles. The number of benzene rings is 3. The van der Waals surface area contributed by atoms with Crippen LogP contribution in [0.25, 0.3) is 5.70 Å². The van der Waals surface area contributed by atoms with E-state index in [1.807, 2.05) is 60.5 Å². The van der Waals surface area contributed by atoms with Crippen molar-refractivity contribution in [2.75, 3.05) is 7.05 Å². The summed E-state index contributed by atoms with van der Waals surface area (Å²) in [5, 5.41) is 13.7. The number of phenolic OH excluding ortho intramolecular Hbond substituents is 1. The number of nitrogens with zero attached hydrogens (tertiary/aromatic N) is 2. The highest BCUT2D eigenvalue weighted by Crippen LogP contribution is 2.29. The Balaban J connectivity index is 1.57.